The second-order valence-corrected chi connectivity index (χ2v) is 3.92. The van der Waals surface area contributed by atoms with E-state index in [1.807, 2.05) is 0 Å². The van der Waals surface area contributed by atoms with Crippen LogP contribution in [0.5, 0.6) is 0 Å². The lowest BCUT2D eigenvalue weighted by atomic mass is 9.78. The SMILES string of the molecule is CC(C)(C#N)C(C#N)CCCCC#N. The summed E-state index contributed by atoms with van der Waals surface area (Å²) in [6, 6.07) is 6.37. The predicted molar refractivity (Wildman–Crippen MR) is 52.6 cm³/mol. The van der Waals surface area contributed by atoms with Gasteiger partial charge in [0.15, 0.2) is 0 Å². The molecule has 0 aliphatic carbocycles. The van der Waals surface area contributed by atoms with Crippen LogP contribution in [0, 0.1) is 45.3 Å². The first-order chi connectivity index (χ1) is 6.58. The Morgan fingerprint density at radius 1 is 1.14 bits per heavy atom. The first-order valence-corrected chi connectivity index (χ1v) is 4.76. The molecule has 0 N–H and O–H groups in total. The van der Waals surface area contributed by atoms with Gasteiger partial charge in [0.1, 0.15) is 0 Å². The average molecular weight is 189 g/mol. The van der Waals surface area contributed by atoms with Crippen molar-refractivity contribution >= 4 is 0 Å². The molecule has 0 aliphatic rings. The molecule has 0 aromatic carbocycles. The highest BCUT2D eigenvalue weighted by atomic mass is 14.4. The number of rotatable bonds is 5. The quantitative estimate of drug-likeness (QED) is 0.624. The van der Waals surface area contributed by atoms with Crippen molar-refractivity contribution in [1.82, 2.24) is 0 Å². The molecular weight excluding hydrogens is 174 g/mol. The minimum Gasteiger partial charge on any atom is -0.198 e. The molecule has 3 heteroatoms. The molecule has 0 aromatic rings. The maximum absolute atomic E-state index is 8.88. The molecule has 0 spiro atoms. The van der Waals surface area contributed by atoms with Gasteiger partial charge in [-0.15, -0.1) is 0 Å². The van der Waals surface area contributed by atoms with Gasteiger partial charge in [-0.25, -0.2) is 0 Å². The fourth-order valence-corrected chi connectivity index (χ4v) is 1.22. The topological polar surface area (TPSA) is 71.4 Å². The lowest BCUT2D eigenvalue weighted by Crippen LogP contribution is -2.20. The van der Waals surface area contributed by atoms with E-state index in [4.69, 9.17) is 15.8 Å². The molecule has 0 saturated heterocycles. The molecule has 3 nitrogen and oxygen atoms in total. The van der Waals surface area contributed by atoms with Crippen LogP contribution in [0.2, 0.25) is 0 Å². The summed E-state index contributed by atoms with van der Waals surface area (Å²) < 4.78 is 0. The van der Waals surface area contributed by atoms with Crippen molar-refractivity contribution in [2.75, 3.05) is 0 Å². The normalized spacial score (nSPS) is 12.2. The molecule has 1 atom stereocenters. The van der Waals surface area contributed by atoms with Crippen LogP contribution < -0.4 is 0 Å². The smallest absolute Gasteiger partial charge is 0.0697 e. The van der Waals surface area contributed by atoms with Crippen molar-refractivity contribution in [2.45, 2.75) is 39.5 Å². The summed E-state index contributed by atoms with van der Waals surface area (Å²) in [7, 11) is 0. The summed E-state index contributed by atoms with van der Waals surface area (Å²) in [6.45, 7) is 3.57. The Balaban J connectivity index is 4.03. The highest BCUT2D eigenvalue weighted by Crippen LogP contribution is 2.29. The molecule has 0 amide bonds. The lowest BCUT2D eigenvalue weighted by Gasteiger charge is -2.21. The minimum absolute atomic E-state index is 0.230. The van der Waals surface area contributed by atoms with Gasteiger partial charge in [-0.05, 0) is 26.7 Å². The Bertz CT molecular complexity index is 285. The largest absolute Gasteiger partial charge is 0.198 e. The summed E-state index contributed by atoms with van der Waals surface area (Å²) in [5.41, 5.74) is -0.582. The van der Waals surface area contributed by atoms with E-state index >= 15 is 0 Å². The van der Waals surface area contributed by atoms with E-state index in [1.165, 1.54) is 0 Å². The van der Waals surface area contributed by atoms with Crippen LogP contribution in [-0.2, 0) is 0 Å². The second-order valence-electron chi connectivity index (χ2n) is 3.92. The third-order valence-electron chi connectivity index (χ3n) is 2.35. The lowest BCUT2D eigenvalue weighted by molar-refractivity contribution is 0.335. The zero-order valence-corrected chi connectivity index (χ0v) is 8.75. The summed E-state index contributed by atoms with van der Waals surface area (Å²) in [6.07, 6.45) is 2.90. The van der Waals surface area contributed by atoms with Crippen LogP contribution in [0.1, 0.15) is 39.5 Å². The molecule has 0 saturated carbocycles. The van der Waals surface area contributed by atoms with E-state index in [0.29, 0.717) is 12.8 Å². The summed E-state index contributed by atoms with van der Waals surface area (Å²) in [5.74, 6) is -0.230. The predicted octanol–water partition coefficient (Wildman–Crippen LogP) is 2.76. The van der Waals surface area contributed by atoms with Gasteiger partial charge >= 0.3 is 0 Å². The molecule has 0 rings (SSSR count). The molecule has 0 aliphatic heterocycles. The minimum atomic E-state index is -0.582. The van der Waals surface area contributed by atoms with E-state index < -0.39 is 5.41 Å². The van der Waals surface area contributed by atoms with Gasteiger partial charge < -0.3 is 0 Å². The van der Waals surface area contributed by atoms with Crippen molar-refractivity contribution < 1.29 is 0 Å². The van der Waals surface area contributed by atoms with E-state index in [-0.39, 0.29) is 5.92 Å². The van der Waals surface area contributed by atoms with Crippen molar-refractivity contribution in [2.24, 2.45) is 11.3 Å². The monoisotopic (exact) mass is 189 g/mol. The Morgan fingerprint density at radius 3 is 2.21 bits per heavy atom. The van der Waals surface area contributed by atoms with Gasteiger partial charge in [0.25, 0.3) is 0 Å². The first-order valence-electron chi connectivity index (χ1n) is 4.76. The maximum Gasteiger partial charge on any atom is 0.0697 e. The zero-order valence-electron chi connectivity index (χ0n) is 8.75. The van der Waals surface area contributed by atoms with Crippen molar-refractivity contribution in [3.8, 4) is 18.2 Å². The molecule has 1 unspecified atom stereocenters. The highest BCUT2D eigenvalue weighted by molar-refractivity contribution is 5.04. The third kappa shape index (κ3) is 3.92. The highest BCUT2D eigenvalue weighted by Gasteiger charge is 2.28. The molecule has 74 valence electrons. The first kappa shape index (κ1) is 12.5. The molecule has 14 heavy (non-hydrogen) atoms. The van der Waals surface area contributed by atoms with E-state index in [0.717, 1.165) is 12.8 Å². The number of hydrogen-bond acceptors (Lipinski definition) is 3. The summed E-state index contributed by atoms with van der Waals surface area (Å²) in [4.78, 5) is 0. The summed E-state index contributed by atoms with van der Waals surface area (Å²) >= 11 is 0. The third-order valence-corrected chi connectivity index (χ3v) is 2.35. The van der Waals surface area contributed by atoms with Gasteiger partial charge in [-0.3, -0.25) is 0 Å². The molecule has 0 bridgehead atoms. The van der Waals surface area contributed by atoms with Gasteiger partial charge in [-0.1, -0.05) is 6.42 Å². The van der Waals surface area contributed by atoms with Gasteiger partial charge in [0.2, 0.25) is 0 Å². The Kier molecular flexibility index (Phi) is 5.35. The van der Waals surface area contributed by atoms with Crippen molar-refractivity contribution in [1.29, 1.82) is 15.8 Å². The average Bonchev–Trinajstić information content (AvgIpc) is 2.17. The van der Waals surface area contributed by atoms with E-state index in [2.05, 4.69) is 18.2 Å². The second kappa shape index (κ2) is 6.01. The van der Waals surface area contributed by atoms with E-state index in [1.54, 1.807) is 13.8 Å². The Morgan fingerprint density at radius 2 is 1.79 bits per heavy atom. The van der Waals surface area contributed by atoms with Gasteiger partial charge in [0, 0.05) is 6.42 Å². The van der Waals surface area contributed by atoms with Crippen LogP contribution in [0.25, 0.3) is 0 Å². The molecular formula is C11H15N3. The van der Waals surface area contributed by atoms with Crippen LogP contribution in [0.15, 0.2) is 0 Å². The van der Waals surface area contributed by atoms with E-state index in [9.17, 15) is 0 Å². The molecule has 0 radical (unpaired) electrons. The molecule has 0 aromatic heterocycles. The number of nitriles is 3. The number of unbranched alkanes of at least 4 members (excludes halogenated alkanes) is 2. The van der Waals surface area contributed by atoms with Crippen molar-refractivity contribution in [3.63, 3.8) is 0 Å². The maximum atomic E-state index is 8.88. The fraction of sp³-hybridized carbons (Fsp3) is 0.727. The number of hydrogen-bond donors (Lipinski definition) is 0. The number of nitrogens with zero attached hydrogens (tertiary/aromatic N) is 3. The van der Waals surface area contributed by atoms with Crippen molar-refractivity contribution in [3.05, 3.63) is 0 Å². The van der Waals surface area contributed by atoms with Crippen LogP contribution in [0.3, 0.4) is 0 Å². The fourth-order valence-electron chi connectivity index (χ4n) is 1.22. The van der Waals surface area contributed by atoms with Crippen LogP contribution >= 0.6 is 0 Å². The molecule has 0 fully saturated rings. The summed E-state index contributed by atoms with van der Waals surface area (Å²) in [5, 5.41) is 26.1. The van der Waals surface area contributed by atoms with Crippen LogP contribution in [0.4, 0.5) is 0 Å². The van der Waals surface area contributed by atoms with Crippen LogP contribution in [-0.4, -0.2) is 0 Å². The molecule has 0 heterocycles. The standard InChI is InChI=1S/C11H15N3/c1-11(2,9-14)10(8-13)6-4-3-5-7-12/h10H,3-6H2,1-2H3. The Labute approximate surface area is 85.6 Å². The Hall–Kier alpha value is -1.53. The zero-order chi connectivity index (χ0) is 11.0. The van der Waals surface area contributed by atoms with Gasteiger partial charge in [-0.2, -0.15) is 15.8 Å². The van der Waals surface area contributed by atoms with Gasteiger partial charge in [0.05, 0.1) is 29.5 Å².